The number of carbonyl (C=O) groups excluding carboxylic acids is 1. The summed E-state index contributed by atoms with van der Waals surface area (Å²) in [5, 5.41) is 4.76. The Morgan fingerprint density at radius 1 is 1.21 bits per heavy atom. The van der Waals surface area contributed by atoms with Gasteiger partial charge in [-0.15, -0.1) is 0 Å². The number of rotatable bonds is 8. The summed E-state index contributed by atoms with van der Waals surface area (Å²) in [7, 11) is -2.26. The maximum atomic E-state index is 12.3. The van der Waals surface area contributed by atoms with E-state index in [1.807, 2.05) is 24.3 Å². The van der Waals surface area contributed by atoms with Crippen molar-refractivity contribution in [2.75, 3.05) is 12.9 Å². The van der Waals surface area contributed by atoms with Crippen LogP contribution in [0.2, 0.25) is 0 Å². The van der Waals surface area contributed by atoms with Gasteiger partial charge in [-0.25, -0.2) is 5.43 Å². The van der Waals surface area contributed by atoms with Gasteiger partial charge in [-0.2, -0.15) is 13.5 Å². The topological polar surface area (TPSA) is 110 Å². The number of hydrazone groups is 1. The van der Waals surface area contributed by atoms with Crippen LogP contribution in [0.3, 0.4) is 0 Å². The van der Waals surface area contributed by atoms with Crippen molar-refractivity contribution in [1.82, 2.24) is 10.4 Å². The Hall–Kier alpha value is -3.33. The van der Waals surface area contributed by atoms with Gasteiger partial charge in [0.15, 0.2) is 11.5 Å². The first kappa shape index (κ1) is 20.4. The maximum Gasteiger partial charge on any atom is 0.309 e. The van der Waals surface area contributed by atoms with Crippen LogP contribution in [0, 0.1) is 0 Å². The smallest absolute Gasteiger partial charge is 0.309 e. The van der Waals surface area contributed by atoms with E-state index in [2.05, 4.69) is 15.5 Å². The number of methoxy groups -OCH3 is 1. The molecule has 0 unspecified atom stereocenters. The van der Waals surface area contributed by atoms with Gasteiger partial charge in [0.1, 0.15) is 0 Å². The number of fused-ring (bicyclic) bond motifs is 1. The van der Waals surface area contributed by atoms with Crippen molar-refractivity contribution in [3.8, 4) is 11.5 Å². The van der Waals surface area contributed by atoms with Crippen molar-refractivity contribution in [3.05, 3.63) is 59.8 Å². The van der Waals surface area contributed by atoms with Crippen LogP contribution in [0.1, 0.15) is 29.3 Å². The van der Waals surface area contributed by atoms with Gasteiger partial charge in [-0.3, -0.25) is 4.79 Å². The molecule has 152 valence electrons. The molecule has 2 N–H and O–H groups in total. The lowest BCUT2D eigenvalue weighted by atomic mass is 10.2. The zero-order chi connectivity index (χ0) is 20.9. The minimum absolute atomic E-state index is 0.0841. The fourth-order valence-corrected chi connectivity index (χ4v) is 3.74. The quantitative estimate of drug-likeness (QED) is 0.334. The second kappa shape index (κ2) is 8.78. The van der Waals surface area contributed by atoms with Crippen molar-refractivity contribution in [2.45, 2.75) is 13.3 Å². The van der Waals surface area contributed by atoms with Crippen LogP contribution in [0.15, 0.2) is 53.8 Å². The lowest BCUT2D eigenvalue weighted by molar-refractivity contribution is 0.0957. The number of aromatic amines is 1. The van der Waals surface area contributed by atoms with Crippen molar-refractivity contribution in [2.24, 2.45) is 5.10 Å². The second-order valence-corrected chi connectivity index (χ2v) is 7.89. The van der Waals surface area contributed by atoms with Crippen LogP contribution in [-0.4, -0.2) is 38.4 Å². The first-order valence-electron chi connectivity index (χ1n) is 8.93. The molecule has 0 saturated heterocycles. The third kappa shape index (κ3) is 4.94. The molecule has 1 amide bonds. The molecule has 1 heterocycles. The Morgan fingerprint density at radius 2 is 2.00 bits per heavy atom. The van der Waals surface area contributed by atoms with Gasteiger partial charge >= 0.3 is 10.1 Å². The Labute approximate surface area is 168 Å². The first-order valence-corrected chi connectivity index (χ1v) is 10.5. The molecule has 0 radical (unpaired) electrons. The van der Waals surface area contributed by atoms with Crippen LogP contribution in [0.25, 0.3) is 10.9 Å². The summed E-state index contributed by atoms with van der Waals surface area (Å²) in [6.45, 7) is 1.75. The number of aromatic nitrogens is 1. The molecule has 0 fully saturated rings. The largest absolute Gasteiger partial charge is 0.493 e. The second-order valence-electron chi connectivity index (χ2n) is 6.20. The molecular weight excluding hydrogens is 394 g/mol. The predicted molar refractivity (Wildman–Crippen MR) is 111 cm³/mol. The summed E-state index contributed by atoms with van der Waals surface area (Å²) in [6, 6.07) is 12.1. The number of carbonyl (C=O) groups is 1. The van der Waals surface area contributed by atoms with E-state index in [0.29, 0.717) is 17.5 Å². The number of benzene rings is 2. The third-order valence-corrected chi connectivity index (χ3v) is 5.41. The van der Waals surface area contributed by atoms with Crippen molar-refractivity contribution < 1.29 is 22.1 Å². The van der Waals surface area contributed by atoms with E-state index in [1.54, 1.807) is 25.3 Å². The van der Waals surface area contributed by atoms with Crippen LogP contribution >= 0.6 is 0 Å². The van der Waals surface area contributed by atoms with Crippen LogP contribution in [0.4, 0.5) is 0 Å². The Kier molecular flexibility index (Phi) is 6.18. The molecule has 1 aromatic heterocycles. The minimum atomic E-state index is -3.68. The summed E-state index contributed by atoms with van der Waals surface area (Å²) in [6.07, 6.45) is 3.51. The monoisotopic (exact) mass is 415 g/mol. The number of ether oxygens (including phenoxy) is 1. The summed E-state index contributed by atoms with van der Waals surface area (Å²) >= 11 is 0. The molecule has 3 rings (SSSR count). The lowest BCUT2D eigenvalue weighted by Gasteiger charge is -2.10. The molecule has 0 bridgehead atoms. The number of hydrogen-bond donors (Lipinski definition) is 2. The fraction of sp³-hybridized carbons (Fsp3) is 0.200. The lowest BCUT2D eigenvalue weighted by Crippen LogP contribution is -2.17. The van der Waals surface area contributed by atoms with Gasteiger partial charge in [0.2, 0.25) is 0 Å². The molecule has 0 spiro atoms. The van der Waals surface area contributed by atoms with Crippen molar-refractivity contribution >= 4 is 33.1 Å². The number of amides is 1. The van der Waals surface area contributed by atoms with E-state index in [9.17, 15) is 13.2 Å². The number of para-hydroxylation sites is 1. The van der Waals surface area contributed by atoms with Crippen LogP contribution < -0.4 is 14.3 Å². The summed E-state index contributed by atoms with van der Waals surface area (Å²) in [4.78, 5) is 15.4. The number of hydrogen-bond acceptors (Lipinski definition) is 6. The maximum absolute atomic E-state index is 12.3. The minimum Gasteiger partial charge on any atom is -0.493 e. The fourth-order valence-electron chi connectivity index (χ4n) is 2.75. The highest BCUT2D eigenvalue weighted by Gasteiger charge is 2.15. The van der Waals surface area contributed by atoms with Gasteiger partial charge in [-0.1, -0.05) is 25.1 Å². The van der Waals surface area contributed by atoms with E-state index in [0.717, 1.165) is 10.9 Å². The SMILES string of the molecule is CCCS(=O)(=O)Oc1ccc(/C=N/NC(=O)c2c[nH]c3ccccc23)cc1OC. The molecular formula is C20H21N3O5S. The average molecular weight is 415 g/mol. The van der Waals surface area contributed by atoms with Gasteiger partial charge in [-0.05, 0) is 36.2 Å². The van der Waals surface area contributed by atoms with E-state index in [4.69, 9.17) is 8.92 Å². The van der Waals surface area contributed by atoms with E-state index in [-0.39, 0.29) is 23.2 Å². The normalized spacial score (nSPS) is 11.7. The predicted octanol–water partition coefficient (Wildman–Crippen LogP) is 3.06. The number of H-pyrrole nitrogens is 1. The molecule has 0 aliphatic carbocycles. The number of nitrogens with one attached hydrogen (secondary N) is 2. The Morgan fingerprint density at radius 3 is 2.76 bits per heavy atom. The van der Waals surface area contributed by atoms with Crippen LogP contribution in [-0.2, 0) is 10.1 Å². The molecule has 0 aliphatic rings. The highest BCUT2D eigenvalue weighted by molar-refractivity contribution is 7.87. The zero-order valence-corrected chi connectivity index (χ0v) is 16.8. The molecule has 8 nitrogen and oxygen atoms in total. The highest BCUT2D eigenvalue weighted by Crippen LogP contribution is 2.29. The molecule has 0 saturated carbocycles. The Bertz CT molecular complexity index is 1150. The molecule has 0 atom stereocenters. The summed E-state index contributed by atoms with van der Waals surface area (Å²) in [5.41, 5.74) is 4.42. The van der Waals surface area contributed by atoms with E-state index >= 15 is 0 Å². The number of nitrogens with zero attached hydrogens (tertiary/aromatic N) is 1. The molecule has 3 aromatic rings. The zero-order valence-electron chi connectivity index (χ0n) is 16.0. The molecule has 0 aliphatic heterocycles. The first-order chi connectivity index (χ1) is 13.9. The standard InChI is InChI=1S/C20H21N3O5S/c1-3-10-29(25,26)28-18-9-8-14(11-19(18)27-2)12-22-23-20(24)16-13-21-17-7-5-4-6-15(16)17/h4-9,11-13,21H,3,10H2,1-2H3,(H,23,24)/b22-12+. The highest BCUT2D eigenvalue weighted by atomic mass is 32.2. The summed E-state index contributed by atoms with van der Waals surface area (Å²) in [5.74, 6) is -0.0898. The van der Waals surface area contributed by atoms with E-state index in [1.165, 1.54) is 19.4 Å². The van der Waals surface area contributed by atoms with Gasteiger partial charge in [0.05, 0.1) is 24.6 Å². The van der Waals surface area contributed by atoms with Crippen LogP contribution in [0.5, 0.6) is 11.5 Å². The average Bonchev–Trinajstić information content (AvgIpc) is 3.13. The van der Waals surface area contributed by atoms with Crippen molar-refractivity contribution in [3.63, 3.8) is 0 Å². The van der Waals surface area contributed by atoms with Crippen molar-refractivity contribution in [1.29, 1.82) is 0 Å². The van der Waals surface area contributed by atoms with E-state index < -0.39 is 10.1 Å². The Balaban J connectivity index is 1.71. The molecule has 29 heavy (non-hydrogen) atoms. The third-order valence-electron chi connectivity index (χ3n) is 4.07. The van der Waals surface area contributed by atoms with Gasteiger partial charge < -0.3 is 13.9 Å². The molecule has 2 aromatic carbocycles. The van der Waals surface area contributed by atoms with Gasteiger partial charge in [0, 0.05) is 17.1 Å². The van der Waals surface area contributed by atoms with Gasteiger partial charge in [0.25, 0.3) is 5.91 Å². The molecule has 9 heteroatoms. The summed E-state index contributed by atoms with van der Waals surface area (Å²) < 4.78 is 34.0.